The number of hydrogen-bond acceptors (Lipinski definition) is 2. The first kappa shape index (κ1) is 22.4. The zero-order valence-electron chi connectivity index (χ0n) is 16.2. The van der Waals surface area contributed by atoms with Crippen molar-refractivity contribution in [2.24, 2.45) is 0 Å². The fourth-order valence-electron chi connectivity index (χ4n) is 2.46. The lowest BCUT2D eigenvalue weighted by Crippen LogP contribution is -1.99. The molecule has 0 aromatic heterocycles. The number of allylic oxidation sites excluding steroid dienone is 7. The number of unbranched alkanes of at least 4 members (excludes halogenated alkanes) is 1. The molecule has 24 heavy (non-hydrogen) atoms. The SMILES string of the molecule is C=CCC/C=C(\C)CC/C=C(\C)CC/C=C(\C)CCCC(=O)OC. The molecule has 0 spiro atoms. The average molecular weight is 333 g/mol. The normalized spacial score (nSPS) is 13.1. The van der Waals surface area contributed by atoms with E-state index in [9.17, 15) is 4.79 Å². The number of rotatable bonds is 13. The van der Waals surface area contributed by atoms with Gasteiger partial charge in [-0.1, -0.05) is 41.0 Å². The highest BCUT2D eigenvalue weighted by atomic mass is 16.5. The summed E-state index contributed by atoms with van der Waals surface area (Å²) in [5, 5.41) is 0. The molecule has 0 rings (SSSR count). The molecular weight excluding hydrogens is 296 g/mol. The lowest BCUT2D eigenvalue weighted by Gasteiger charge is -2.03. The molecule has 2 nitrogen and oxygen atoms in total. The second-order valence-electron chi connectivity index (χ2n) is 6.52. The summed E-state index contributed by atoms with van der Waals surface area (Å²) in [6.45, 7) is 10.3. The van der Waals surface area contributed by atoms with E-state index in [0.717, 1.165) is 51.4 Å². The first-order chi connectivity index (χ1) is 11.5. The molecule has 0 amide bonds. The van der Waals surface area contributed by atoms with Crippen LogP contribution in [-0.4, -0.2) is 13.1 Å². The zero-order valence-corrected chi connectivity index (χ0v) is 16.2. The van der Waals surface area contributed by atoms with E-state index < -0.39 is 0 Å². The van der Waals surface area contributed by atoms with Crippen LogP contribution in [0.25, 0.3) is 0 Å². The van der Waals surface area contributed by atoms with Gasteiger partial charge in [0, 0.05) is 6.42 Å². The third-order valence-electron chi connectivity index (χ3n) is 4.11. The number of ether oxygens (including phenoxy) is 1. The molecule has 0 aliphatic carbocycles. The van der Waals surface area contributed by atoms with E-state index in [4.69, 9.17) is 0 Å². The van der Waals surface area contributed by atoms with E-state index in [1.54, 1.807) is 0 Å². The van der Waals surface area contributed by atoms with Crippen LogP contribution in [0.15, 0.2) is 47.6 Å². The Morgan fingerprint density at radius 3 is 1.79 bits per heavy atom. The van der Waals surface area contributed by atoms with E-state index in [1.807, 2.05) is 6.08 Å². The van der Waals surface area contributed by atoms with Crippen LogP contribution in [-0.2, 0) is 9.53 Å². The highest BCUT2D eigenvalue weighted by Crippen LogP contribution is 2.14. The van der Waals surface area contributed by atoms with Gasteiger partial charge in [0.15, 0.2) is 0 Å². The van der Waals surface area contributed by atoms with Crippen LogP contribution >= 0.6 is 0 Å². The molecule has 0 bridgehead atoms. The topological polar surface area (TPSA) is 26.3 Å². The van der Waals surface area contributed by atoms with Crippen molar-refractivity contribution in [2.45, 2.75) is 78.6 Å². The molecule has 0 aromatic rings. The number of hydrogen-bond donors (Lipinski definition) is 0. The molecule has 0 saturated carbocycles. The molecule has 0 N–H and O–H groups in total. The van der Waals surface area contributed by atoms with Gasteiger partial charge in [-0.2, -0.15) is 0 Å². The van der Waals surface area contributed by atoms with Crippen LogP contribution in [0, 0.1) is 0 Å². The van der Waals surface area contributed by atoms with E-state index >= 15 is 0 Å². The Balaban J connectivity index is 3.91. The monoisotopic (exact) mass is 332 g/mol. The van der Waals surface area contributed by atoms with E-state index in [-0.39, 0.29) is 5.97 Å². The maximum absolute atomic E-state index is 11.1. The van der Waals surface area contributed by atoms with Crippen LogP contribution in [0.1, 0.15) is 78.6 Å². The lowest BCUT2D eigenvalue weighted by molar-refractivity contribution is -0.140. The van der Waals surface area contributed by atoms with Gasteiger partial charge < -0.3 is 4.74 Å². The Morgan fingerprint density at radius 1 is 0.792 bits per heavy atom. The van der Waals surface area contributed by atoms with Crippen LogP contribution < -0.4 is 0 Å². The Kier molecular flexibility index (Phi) is 14.0. The minimum absolute atomic E-state index is 0.115. The van der Waals surface area contributed by atoms with Crippen molar-refractivity contribution in [3.63, 3.8) is 0 Å². The molecule has 136 valence electrons. The fourth-order valence-corrected chi connectivity index (χ4v) is 2.46. The van der Waals surface area contributed by atoms with E-state index in [2.05, 4.69) is 50.3 Å². The van der Waals surface area contributed by atoms with Crippen molar-refractivity contribution in [1.29, 1.82) is 0 Å². The Hall–Kier alpha value is -1.57. The van der Waals surface area contributed by atoms with Gasteiger partial charge in [-0.25, -0.2) is 0 Å². The minimum atomic E-state index is -0.115. The first-order valence-corrected chi connectivity index (χ1v) is 9.14. The van der Waals surface area contributed by atoms with Crippen molar-refractivity contribution in [3.8, 4) is 0 Å². The number of carbonyl (C=O) groups excluding carboxylic acids is 1. The molecule has 2 heteroatoms. The van der Waals surface area contributed by atoms with Crippen LogP contribution in [0.4, 0.5) is 0 Å². The molecule has 0 atom stereocenters. The molecular formula is C22H36O2. The van der Waals surface area contributed by atoms with Gasteiger partial charge in [0.05, 0.1) is 7.11 Å². The molecule has 0 aliphatic rings. The van der Waals surface area contributed by atoms with Crippen molar-refractivity contribution in [1.82, 2.24) is 0 Å². The summed E-state index contributed by atoms with van der Waals surface area (Å²) in [6, 6.07) is 0. The van der Waals surface area contributed by atoms with Crippen molar-refractivity contribution in [2.75, 3.05) is 7.11 Å². The van der Waals surface area contributed by atoms with Crippen LogP contribution in [0.3, 0.4) is 0 Å². The first-order valence-electron chi connectivity index (χ1n) is 9.14. The molecule has 0 radical (unpaired) electrons. The van der Waals surface area contributed by atoms with Gasteiger partial charge in [-0.3, -0.25) is 4.79 Å². The third-order valence-corrected chi connectivity index (χ3v) is 4.11. The summed E-state index contributed by atoms with van der Waals surface area (Å²) in [5.74, 6) is -0.115. The Morgan fingerprint density at radius 2 is 1.29 bits per heavy atom. The number of methoxy groups -OCH3 is 1. The highest BCUT2D eigenvalue weighted by molar-refractivity contribution is 5.69. The second-order valence-corrected chi connectivity index (χ2v) is 6.52. The summed E-state index contributed by atoms with van der Waals surface area (Å²) in [7, 11) is 1.44. The molecule has 0 aliphatic heterocycles. The molecule has 0 saturated heterocycles. The molecule has 0 aromatic carbocycles. The van der Waals surface area contributed by atoms with Crippen molar-refractivity contribution >= 4 is 5.97 Å². The van der Waals surface area contributed by atoms with Gasteiger partial charge in [0.1, 0.15) is 0 Å². The summed E-state index contributed by atoms with van der Waals surface area (Å²) >= 11 is 0. The Labute approximate surface area is 149 Å². The van der Waals surface area contributed by atoms with E-state index in [1.165, 1.54) is 23.8 Å². The maximum Gasteiger partial charge on any atom is 0.305 e. The largest absolute Gasteiger partial charge is 0.469 e. The van der Waals surface area contributed by atoms with Gasteiger partial charge in [0.25, 0.3) is 0 Å². The van der Waals surface area contributed by atoms with Crippen molar-refractivity contribution < 1.29 is 9.53 Å². The summed E-state index contributed by atoms with van der Waals surface area (Å²) in [6.07, 6.45) is 18.0. The molecule has 0 fully saturated rings. The highest BCUT2D eigenvalue weighted by Gasteiger charge is 1.99. The molecule has 0 unspecified atom stereocenters. The molecule has 0 heterocycles. The van der Waals surface area contributed by atoms with Gasteiger partial charge in [0.2, 0.25) is 0 Å². The van der Waals surface area contributed by atoms with E-state index in [0.29, 0.717) is 6.42 Å². The Bertz CT molecular complexity index is 453. The third kappa shape index (κ3) is 14.0. The van der Waals surface area contributed by atoms with Crippen LogP contribution in [0.5, 0.6) is 0 Å². The van der Waals surface area contributed by atoms with Gasteiger partial charge in [-0.05, 0) is 72.1 Å². The van der Waals surface area contributed by atoms with Crippen molar-refractivity contribution in [3.05, 3.63) is 47.6 Å². The predicted molar refractivity (Wildman–Crippen MR) is 105 cm³/mol. The van der Waals surface area contributed by atoms with Gasteiger partial charge in [-0.15, -0.1) is 6.58 Å². The fraction of sp³-hybridized carbons (Fsp3) is 0.591. The minimum Gasteiger partial charge on any atom is -0.469 e. The maximum atomic E-state index is 11.1. The standard InChI is InChI=1S/C22H36O2/c1-6-7-8-12-19(2)13-9-14-20(3)15-10-16-21(4)17-11-18-22(23)24-5/h6,12,14,16H,1,7-11,13,15,17-18H2,2-5H3/b19-12+,20-14+,21-16+. The summed E-state index contributed by atoms with van der Waals surface area (Å²) in [5.41, 5.74) is 4.31. The smallest absolute Gasteiger partial charge is 0.305 e. The summed E-state index contributed by atoms with van der Waals surface area (Å²) in [4.78, 5) is 11.1. The average Bonchev–Trinajstić information content (AvgIpc) is 2.55. The second kappa shape index (κ2) is 15.0. The summed E-state index contributed by atoms with van der Waals surface area (Å²) < 4.78 is 4.65. The zero-order chi connectivity index (χ0) is 18.2. The predicted octanol–water partition coefficient (Wildman–Crippen LogP) is 6.70. The number of esters is 1. The van der Waals surface area contributed by atoms with Gasteiger partial charge >= 0.3 is 5.97 Å². The number of carbonyl (C=O) groups is 1. The lowest BCUT2D eigenvalue weighted by atomic mass is 10.0. The quantitative estimate of drug-likeness (QED) is 0.213. The van der Waals surface area contributed by atoms with Crippen LogP contribution in [0.2, 0.25) is 0 Å².